The van der Waals surface area contributed by atoms with Crippen LogP contribution in [0.2, 0.25) is 0 Å². The molecule has 11 N–H and O–H groups in total. The second kappa shape index (κ2) is 15.7. The van der Waals surface area contributed by atoms with Gasteiger partial charge in [0.15, 0.2) is 6.04 Å². The van der Waals surface area contributed by atoms with Gasteiger partial charge in [-0.05, 0) is 37.5 Å². The molecule has 4 amide bonds. The molecule has 0 aliphatic rings. The maximum absolute atomic E-state index is 13.2. The largest absolute Gasteiger partial charge is 0.508 e. The second-order valence-corrected chi connectivity index (χ2v) is 9.74. The van der Waals surface area contributed by atoms with Crippen LogP contribution in [0.25, 0.3) is 0 Å². The molecular weight excluding hydrogens is 530 g/mol. The van der Waals surface area contributed by atoms with Gasteiger partial charge >= 0.3 is 5.97 Å². The molecule has 0 aliphatic heterocycles. The first-order valence-corrected chi connectivity index (χ1v) is 12.5. The van der Waals surface area contributed by atoms with Gasteiger partial charge in [0.05, 0.1) is 18.8 Å². The number of carbonyl (C=O) groups excluding carboxylic acids is 4. The number of aliphatic carboxylic acids is 1. The van der Waals surface area contributed by atoms with Crippen molar-refractivity contribution in [1.29, 1.82) is 0 Å². The lowest BCUT2D eigenvalue weighted by molar-refractivity contribution is -0.146. The van der Waals surface area contributed by atoms with E-state index >= 15 is 0 Å². The molecule has 1 aromatic carbocycles. The van der Waals surface area contributed by atoms with Gasteiger partial charge in [-0.3, -0.25) is 19.2 Å². The Hall–Kier alpha value is -3.79. The molecule has 0 aliphatic carbocycles. The maximum Gasteiger partial charge on any atom is 0.328 e. The Morgan fingerprint density at radius 1 is 0.750 bits per heavy atom. The van der Waals surface area contributed by atoms with Crippen LogP contribution in [0.5, 0.6) is 5.75 Å². The molecular formula is C25H39N5O10. The van der Waals surface area contributed by atoms with Gasteiger partial charge in [-0.1, -0.05) is 26.0 Å². The third kappa shape index (κ3) is 10.4. The summed E-state index contributed by atoms with van der Waals surface area (Å²) in [5.74, 6) is -5.73. The quantitative estimate of drug-likeness (QED) is 0.1000. The predicted molar refractivity (Wildman–Crippen MR) is 140 cm³/mol. The van der Waals surface area contributed by atoms with Crippen LogP contribution in [0.3, 0.4) is 0 Å². The summed E-state index contributed by atoms with van der Waals surface area (Å²) in [5.41, 5.74) is 6.09. The Kier molecular flexibility index (Phi) is 13.4. The van der Waals surface area contributed by atoms with Gasteiger partial charge in [0, 0.05) is 6.42 Å². The molecule has 0 bridgehead atoms. The number of nitrogens with two attached hydrogens (primary N) is 1. The summed E-state index contributed by atoms with van der Waals surface area (Å²) in [6, 6.07) is -1.41. The van der Waals surface area contributed by atoms with Crippen molar-refractivity contribution in [2.75, 3.05) is 6.61 Å². The molecule has 15 nitrogen and oxygen atoms in total. The number of nitrogens with one attached hydrogen (secondary N) is 4. The number of rotatable bonds is 15. The Labute approximate surface area is 231 Å². The number of carboxylic acid groups (broad SMARTS) is 1. The van der Waals surface area contributed by atoms with E-state index in [0.29, 0.717) is 5.56 Å². The Morgan fingerprint density at radius 2 is 1.23 bits per heavy atom. The lowest BCUT2D eigenvalue weighted by Crippen LogP contribution is -2.62. The summed E-state index contributed by atoms with van der Waals surface area (Å²) in [6.07, 6.45) is -3.04. The van der Waals surface area contributed by atoms with Gasteiger partial charge < -0.3 is 52.5 Å². The highest BCUT2D eigenvalue weighted by atomic mass is 16.4. The first-order valence-electron chi connectivity index (χ1n) is 12.5. The fourth-order valence-electron chi connectivity index (χ4n) is 3.51. The molecule has 0 radical (unpaired) electrons. The van der Waals surface area contributed by atoms with E-state index in [1.54, 1.807) is 13.8 Å². The Balaban J connectivity index is 3.15. The lowest BCUT2D eigenvalue weighted by atomic mass is 10.00. The Bertz CT molecular complexity index is 1030. The summed E-state index contributed by atoms with van der Waals surface area (Å²) >= 11 is 0. The van der Waals surface area contributed by atoms with Gasteiger partial charge in [-0.2, -0.15) is 0 Å². The average Bonchev–Trinajstić information content (AvgIpc) is 2.87. The van der Waals surface area contributed by atoms with Gasteiger partial charge in [-0.25, -0.2) is 4.79 Å². The standard InChI is InChI=1S/C25H39N5O10/c1-11(2)18(23(37)29-19(12(3)32)24(38)30-20(13(4)33)25(39)40)28-22(36)17(27-21(35)16(26)10-31)9-14-5-7-15(34)8-6-14/h5-8,11-13,16-20,31-34H,9-10,26H2,1-4H3,(H,27,35)(H,28,36)(H,29,37)(H,30,38)(H,39,40)/t12-,13-,16+,17+,18+,19+,20+/m1/s1. The first-order chi connectivity index (χ1) is 18.6. The van der Waals surface area contributed by atoms with Crippen LogP contribution >= 0.6 is 0 Å². The number of hydrogen-bond donors (Lipinski definition) is 10. The van der Waals surface area contributed by atoms with E-state index in [9.17, 15) is 49.5 Å². The van der Waals surface area contributed by atoms with Gasteiger partial charge in [0.25, 0.3) is 0 Å². The number of carbonyl (C=O) groups is 5. The first kappa shape index (κ1) is 34.2. The zero-order chi connectivity index (χ0) is 30.7. The molecule has 0 unspecified atom stereocenters. The molecule has 0 fully saturated rings. The molecule has 7 atom stereocenters. The lowest BCUT2D eigenvalue weighted by Gasteiger charge is -2.29. The topological polar surface area (TPSA) is 261 Å². The van der Waals surface area contributed by atoms with Crippen LogP contribution in [0, 0.1) is 5.92 Å². The smallest absolute Gasteiger partial charge is 0.328 e. The van der Waals surface area contributed by atoms with E-state index in [0.717, 1.165) is 6.92 Å². The summed E-state index contributed by atoms with van der Waals surface area (Å²) in [7, 11) is 0. The number of phenols is 1. The number of aliphatic hydroxyl groups is 3. The van der Waals surface area contributed by atoms with Crippen molar-refractivity contribution in [3.63, 3.8) is 0 Å². The summed E-state index contributed by atoms with van der Waals surface area (Å²) in [6.45, 7) is 4.81. The average molecular weight is 570 g/mol. The molecule has 1 aromatic rings. The number of benzene rings is 1. The molecule has 1 rings (SSSR count). The number of hydrogen-bond acceptors (Lipinski definition) is 10. The van der Waals surface area contributed by atoms with Crippen LogP contribution in [0.4, 0.5) is 0 Å². The summed E-state index contributed by atoms with van der Waals surface area (Å²) in [5, 5.41) is 56.9. The van der Waals surface area contributed by atoms with Crippen LogP contribution < -0.4 is 27.0 Å². The van der Waals surface area contributed by atoms with Crippen LogP contribution in [-0.4, -0.2) is 104 Å². The van der Waals surface area contributed by atoms with Crippen molar-refractivity contribution in [3.05, 3.63) is 29.8 Å². The van der Waals surface area contributed by atoms with E-state index in [1.807, 2.05) is 0 Å². The van der Waals surface area contributed by atoms with E-state index in [4.69, 9.17) is 5.73 Å². The number of carboxylic acids is 1. The van der Waals surface area contributed by atoms with Crippen LogP contribution in [0.15, 0.2) is 24.3 Å². The molecule has 0 heterocycles. The van der Waals surface area contributed by atoms with Crippen molar-refractivity contribution < 1.29 is 49.5 Å². The highest BCUT2D eigenvalue weighted by Crippen LogP contribution is 2.12. The van der Waals surface area contributed by atoms with Gasteiger partial charge in [0.1, 0.15) is 29.9 Å². The van der Waals surface area contributed by atoms with Gasteiger partial charge in [-0.15, -0.1) is 0 Å². The molecule has 224 valence electrons. The highest BCUT2D eigenvalue weighted by Gasteiger charge is 2.35. The zero-order valence-electron chi connectivity index (χ0n) is 22.7. The van der Waals surface area contributed by atoms with E-state index < -0.39 is 84.5 Å². The molecule has 0 saturated heterocycles. The number of aromatic hydroxyl groups is 1. The number of amides is 4. The molecule has 0 saturated carbocycles. The monoisotopic (exact) mass is 569 g/mol. The van der Waals surface area contributed by atoms with Crippen molar-refractivity contribution in [1.82, 2.24) is 21.3 Å². The number of aliphatic hydroxyl groups excluding tert-OH is 3. The molecule has 0 spiro atoms. The zero-order valence-corrected chi connectivity index (χ0v) is 22.7. The van der Waals surface area contributed by atoms with E-state index in [1.165, 1.54) is 31.2 Å². The molecule has 40 heavy (non-hydrogen) atoms. The summed E-state index contributed by atoms with van der Waals surface area (Å²) in [4.78, 5) is 62.7. The third-order valence-corrected chi connectivity index (χ3v) is 5.90. The normalized spacial score (nSPS) is 16.4. The minimum Gasteiger partial charge on any atom is -0.508 e. The van der Waals surface area contributed by atoms with Gasteiger partial charge in [0.2, 0.25) is 23.6 Å². The second-order valence-electron chi connectivity index (χ2n) is 9.74. The van der Waals surface area contributed by atoms with Crippen molar-refractivity contribution in [3.8, 4) is 5.75 Å². The highest BCUT2D eigenvalue weighted by molar-refractivity contribution is 5.95. The third-order valence-electron chi connectivity index (χ3n) is 5.90. The number of phenolic OH excluding ortho intramolecular Hbond substituents is 1. The summed E-state index contributed by atoms with van der Waals surface area (Å²) < 4.78 is 0. The van der Waals surface area contributed by atoms with Crippen LogP contribution in [-0.2, 0) is 30.4 Å². The van der Waals surface area contributed by atoms with E-state index in [-0.39, 0.29) is 12.2 Å². The van der Waals surface area contributed by atoms with Crippen molar-refractivity contribution in [2.24, 2.45) is 11.7 Å². The SMILES string of the molecule is CC(C)[C@H](NC(=O)[C@H](Cc1ccc(O)cc1)NC(=O)[C@@H](N)CO)C(=O)N[C@H](C(=O)N[C@H](C(=O)O)[C@@H](C)O)[C@@H](C)O. The fraction of sp³-hybridized carbons (Fsp3) is 0.560. The van der Waals surface area contributed by atoms with Crippen molar-refractivity contribution in [2.45, 2.75) is 76.5 Å². The predicted octanol–water partition coefficient (Wildman–Crippen LogP) is -3.30. The van der Waals surface area contributed by atoms with Crippen LogP contribution in [0.1, 0.15) is 33.3 Å². The molecule has 0 aromatic heterocycles. The minimum absolute atomic E-state index is 0.0209. The van der Waals surface area contributed by atoms with Crippen molar-refractivity contribution >= 4 is 29.6 Å². The maximum atomic E-state index is 13.2. The Morgan fingerprint density at radius 3 is 1.68 bits per heavy atom. The fourth-order valence-corrected chi connectivity index (χ4v) is 3.51. The van der Waals surface area contributed by atoms with E-state index in [2.05, 4.69) is 21.3 Å². The molecule has 15 heteroatoms. The minimum atomic E-state index is -1.71.